The highest BCUT2D eigenvalue weighted by Crippen LogP contribution is 2.24. The van der Waals surface area contributed by atoms with Crippen LogP contribution in [0.4, 0.5) is 5.69 Å². The standard InChI is InChI=1S/C12H14N2O/c1-8-5-6-11(10(3)9(8)2)14(4)12(15)7-13/h5-6H,1-4H3. The molecule has 0 fully saturated rings. The summed E-state index contributed by atoms with van der Waals surface area (Å²) in [6.45, 7) is 6.00. The average Bonchev–Trinajstić information content (AvgIpc) is 2.24. The van der Waals surface area contributed by atoms with Crippen LogP contribution in [-0.4, -0.2) is 13.0 Å². The number of aryl methyl sites for hydroxylation is 1. The molecular formula is C12H14N2O. The van der Waals surface area contributed by atoms with Crippen LogP contribution in [0, 0.1) is 32.1 Å². The number of nitrogens with zero attached hydrogens (tertiary/aromatic N) is 2. The van der Waals surface area contributed by atoms with Gasteiger partial charge in [-0.15, -0.1) is 0 Å². The van der Waals surface area contributed by atoms with Crippen molar-refractivity contribution in [1.29, 1.82) is 5.26 Å². The maximum absolute atomic E-state index is 11.2. The van der Waals surface area contributed by atoms with Crippen molar-refractivity contribution < 1.29 is 4.79 Å². The van der Waals surface area contributed by atoms with Gasteiger partial charge >= 0.3 is 5.91 Å². The largest absolute Gasteiger partial charge is 0.329 e. The van der Waals surface area contributed by atoms with Gasteiger partial charge in [-0.2, -0.15) is 5.26 Å². The number of nitriles is 1. The molecule has 3 heteroatoms. The summed E-state index contributed by atoms with van der Waals surface area (Å²) in [5.74, 6) is -0.540. The van der Waals surface area contributed by atoms with Gasteiger partial charge in [0.2, 0.25) is 0 Å². The van der Waals surface area contributed by atoms with Crippen molar-refractivity contribution in [2.24, 2.45) is 0 Å². The molecule has 0 saturated carbocycles. The zero-order chi connectivity index (χ0) is 11.6. The van der Waals surface area contributed by atoms with Crippen LogP contribution < -0.4 is 4.90 Å². The van der Waals surface area contributed by atoms with Crippen LogP contribution in [0.25, 0.3) is 0 Å². The first-order chi connectivity index (χ1) is 6.99. The number of anilines is 1. The number of amides is 1. The number of carbonyl (C=O) groups is 1. The van der Waals surface area contributed by atoms with Gasteiger partial charge in [0, 0.05) is 12.7 Å². The van der Waals surface area contributed by atoms with Gasteiger partial charge in [-0.05, 0) is 43.5 Å². The highest BCUT2D eigenvalue weighted by Gasteiger charge is 2.13. The third-order valence-corrected chi connectivity index (χ3v) is 2.79. The molecule has 0 aliphatic rings. The first-order valence-electron chi connectivity index (χ1n) is 4.73. The molecule has 0 heterocycles. The number of hydrogen-bond donors (Lipinski definition) is 0. The Balaban J connectivity index is 3.23. The Labute approximate surface area is 89.9 Å². The van der Waals surface area contributed by atoms with Gasteiger partial charge in [0.1, 0.15) is 0 Å². The molecule has 0 N–H and O–H groups in total. The Hall–Kier alpha value is -1.82. The molecule has 78 valence electrons. The highest BCUT2D eigenvalue weighted by molar-refractivity contribution is 6.04. The minimum absolute atomic E-state index is 0.540. The highest BCUT2D eigenvalue weighted by atomic mass is 16.2. The van der Waals surface area contributed by atoms with E-state index in [0.717, 1.165) is 16.8 Å². The van der Waals surface area contributed by atoms with E-state index in [2.05, 4.69) is 0 Å². The van der Waals surface area contributed by atoms with Crippen LogP contribution in [0.2, 0.25) is 0 Å². The fraction of sp³-hybridized carbons (Fsp3) is 0.333. The van der Waals surface area contributed by atoms with E-state index in [1.54, 1.807) is 13.1 Å². The second-order valence-corrected chi connectivity index (χ2v) is 3.63. The lowest BCUT2D eigenvalue weighted by atomic mass is 10.0. The molecule has 0 aliphatic carbocycles. The summed E-state index contributed by atoms with van der Waals surface area (Å²) in [7, 11) is 1.61. The fourth-order valence-corrected chi connectivity index (χ4v) is 1.49. The van der Waals surface area contributed by atoms with E-state index in [4.69, 9.17) is 5.26 Å². The van der Waals surface area contributed by atoms with Crippen molar-refractivity contribution in [3.05, 3.63) is 28.8 Å². The zero-order valence-electron chi connectivity index (χ0n) is 9.46. The number of rotatable bonds is 1. The molecule has 0 unspecified atom stereocenters. The number of carbonyl (C=O) groups excluding carboxylic acids is 1. The van der Waals surface area contributed by atoms with Crippen LogP contribution in [0.15, 0.2) is 12.1 Å². The van der Waals surface area contributed by atoms with Crippen LogP contribution in [0.3, 0.4) is 0 Å². The van der Waals surface area contributed by atoms with Crippen LogP contribution in [-0.2, 0) is 4.79 Å². The molecule has 1 aromatic carbocycles. The number of hydrogen-bond acceptors (Lipinski definition) is 2. The van der Waals surface area contributed by atoms with Crippen LogP contribution >= 0.6 is 0 Å². The van der Waals surface area contributed by atoms with Crippen molar-refractivity contribution >= 4 is 11.6 Å². The van der Waals surface area contributed by atoms with Crippen molar-refractivity contribution in [2.75, 3.05) is 11.9 Å². The lowest BCUT2D eigenvalue weighted by Crippen LogP contribution is -2.25. The molecule has 0 radical (unpaired) electrons. The first-order valence-corrected chi connectivity index (χ1v) is 4.73. The first kappa shape index (κ1) is 11.3. The van der Waals surface area contributed by atoms with E-state index in [1.807, 2.05) is 32.9 Å². The molecule has 0 atom stereocenters. The topological polar surface area (TPSA) is 44.1 Å². The SMILES string of the molecule is Cc1ccc(N(C)C(=O)C#N)c(C)c1C. The molecule has 15 heavy (non-hydrogen) atoms. The summed E-state index contributed by atoms with van der Waals surface area (Å²) in [6.07, 6.45) is 0. The second-order valence-electron chi connectivity index (χ2n) is 3.63. The Morgan fingerprint density at radius 2 is 1.87 bits per heavy atom. The molecule has 0 aromatic heterocycles. The second kappa shape index (κ2) is 4.14. The predicted octanol–water partition coefficient (Wildman–Crippen LogP) is 2.10. The van der Waals surface area contributed by atoms with Crippen molar-refractivity contribution in [3.8, 4) is 6.07 Å². The van der Waals surface area contributed by atoms with Gasteiger partial charge in [-0.3, -0.25) is 4.79 Å². The predicted molar refractivity (Wildman–Crippen MR) is 59.7 cm³/mol. The van der Waals surface area contributed by atoms with E-state index in [-0.39, 0.29) is 0 Å². The van der Waals surface area contributed by atoms with Gasteiger partial charge in [-0.25, -0.2) is 0 Å². The van der Waals surface area contributed by atoms with Gasteiger partial charge < -0.3 is 4.90 Å². The Bertz CT molecular complexity index is 444. The van der Waals surface area contributed by atoms with Gasteiger partial charge in [0.15, 0.2) is 6.07 Å². The molecule has 0 spiro atoms. The van der Waals surface area contributed by atoms with Crippen LogP contribution in [0.1, 0.15) is 16.7 Å². The lowest BCUT2D eigenvalue weighted by Gasteiger charge is -2.18. The molecule has 1 amide bonds. The third-order valence-electron chi connectivity index (χ3n) is 2.79. The Morgan fingerprint density at radius 3 is 2.40 bits per heavy atom. The summed E-state index contributed by atoms with van der Waals surface area (Å²) in [6, 6.07) is 5.44. The fourth-order valence-electron chi connectivity index (χ4n) is 1.49. The molecular weight excluding hydrogens is 188 g/mol. The van der Waals surface area contributed by atoms with Crippen molar-refractivity contribution in [2.45, 2.75) is 20.8 Å². The molecule has 0 saturated heterocycles. The minimum Gasteiger partial charge on any atom is -0.303 e. The quantitative estimate of drug-likeness (QED) is 0.654. The lowest BCUT2D eigenvalue weighted by molar-refractivity contribution is -0.113. The van der Waals surface area contributed by atoms with E-state index in [0.29, 0.717) is 0 Å². The maximum Gasteiger partial charge on any atom is 0.329 e. The van der Waals surface area contributed by atoms with Crippen molar-refractivity contribution in [1.82, 2.24) is 0 Å². The smallest absolute Gasteiger partial charge is 0.303 e. The molecule has 1 aromatic rings. The monoisotopic (exact) mass is 202 g/mol. The van der Waals surface area contributed by atoms with E-state index >= 15 is 0 Å². The number of benzene rings is 1. The van der Waals surface area contributed by atoms with Gasteiger partial charge in [0.25, 0.3) is 0 Å². The summed E-state index contributed by atoms with van der Waals surface area (Å²) in [4.78, 5) is 12.6. The molecule has 3 nitrogen and oxygen atoms in total. The van der Waals surface area contributed by atoms with E-state index in [1.165, 1.54) is 10.5 Å². The van der Waals surface area contributed by atoms with Crippen molar-refractivity contribution in [3.63, 3.8) is 0 Å². The maximum atomic E-state index is 11.2. The molecule has 1 rings (SSSR count). The molecule has 0 aliphatic heterocycles. The normalized spacial score (nSPS) is 9.53. The third kappa shape index (κ3) is 1.99. The molecule has 0 bridgehead atoms. The average molecular weight is 202 g/mol. The summed E-state index contributed by atoms with van der Waals surface area (Å²) in [5.41, 5.74) is 4.19. The summed E-state index contributed by atoms with van der Waals surface area (Å²) in [5, 5.41) is 8.54. The minimum atomic E-state index is -0.540. The summed E-state index contributed by atoms with van der Waals surface area (Å²) >= 11 is 0. The zero-order valence-corrected chi connectivity index (χ0v) is 9.46. The summed E-state index contributed by atoms with van der Waals surface area (Å²) < 4.78 is 0. The Morgan fingerprint density at radius 1 is 1.27 bits per heavy atom. The van der Waals surface area contributed by atoms with E-state index < -0.39 is 5.91 Å². The van der Waals surface area contributed by atoms with Gasteiger partial charge in [0.05, 0.1) is 0 Å². The van der Waals surface area contributed by atoms with E-state index in [9.17, 15) is 4.79 Å². The van der Waals surface area contributed by atoms with Gasteiger partial charge in [-0.1, -0.05) is 6.07 Å². The van der Waals surface area contributed by atoms with Crippen LogP contribution in [0.5, 0.6) is 0 Å². The Kier molecular flexibility index (Phi) is 3.11.